The highest BCUT2D eigenvalue weighted by Crippen LogP contribution is 2.26. The van der Waals surface area contributed by atoms with Crippen LogP contribution in [0.15, 0.2) is 42.5 Å². The largest absolute Gasteiger partial charge is 0.385 e. The maximum atomic E-state index is 12.6. The third-order valence-electron chi connectivity index (χ3n) is 4.08. The van der Waals surface area contributed by atoms with E-state index in [1.807, 2.05) is 25.1 Å². The molecule has 3 N–H and O–H groups in total. The van der Waals surface area contributed by atoms with Gasteiger partial charge in [-0.1, -0.05) is 6.07 Å². The molecule has 0 aromatic heterocycles. The number of nitrogens with one attached hydrogen (secondary N) is 3. The number of hydrogen-bond donors (Lipinski definition) is 3. The number of rotatable bonds is 4. The molecule has 1 aliphatic heterocycles. The topological polar surface area (TPSA) is 70.2 Å². The van der Waals surface area contributed by atoms with Gasteiger partial charge in [-0.2, -0.15) is 0 Å². The third kappa shape index (κ3) is 4.31. The van der Waals surface area contributed by atoms with Gasteiger partial charge in [0.1, 0.15) is 0 Å². The van der Waals surface area contributed by atoms with Crippen molar-refractivity contribution in [1.29, 1.82) is 0 Å². The first-order valence-corrected chi connectivity index (χ1v) is 8.24. The number of fused-ring (bicyclic) bond motifs is 1. The minimum atomic E-state index is -0.124. The Morgan fingerprint density at radius 2 is 1.84 bits per heavy atom. The zero-order valence-electron chi connectivity index (χ0n) is 14.1. The van der Waals surface area contributed by atoms with Gasteiger partial charge in [-0.15, -0.1) is 12.4 Å². The fourth-order valence-corrected chi connectivity index (χ4v) is 2.89. The van der Waals surface area contributed by atoms with Gasteiger partial charge in [-0.05, 0) is 61.7 Å². The van der Waals surface area contributed by atoms with Crippen molar-refractivity contribution in [2.75, 3.05) is 23.7 Å². The van der Waals surface area contributed by atoms with E-state index < -0.39 is 0 Å². The molecule has 0 atom stereocenters. The summed E-state index contributed by atoms with van der Waals surface area (Å²) in [5.41, 5.74) is 4.07. The molecular weight excluding hydrogens is 338 g/mol. The van der Waals surface area contributed by atoms with Crippen molar-refractivity contribution in [1.82, 2.24) is 5.32 Å². The van der Waals surface area contributed by atoms with Crippen LogP contribution in [0.4, 0.5) is 11.4 Å². The number of halogens is 1. The van der Waals surface area contributed by atoms with Gasteiger partial charge < -0.3 is 16.0 Å². The van der Waals surface area contributed by atoms with E-state index in [-0.39, 0.29) is 24.2 Å². The molecule has 3 rings (SSSR count). The Kier molecular flexibility index (Phi) is 6.42. The van der Waals surface area contributed by atoms with Crippen LogP contribution in [-0.2, 0) is 6.42 Å². The van der Waals surface area contributed by atoms with Crippen LogP contribution in [0.5, 0.6) is 0 Å². The van der Waals surface area contributed by atoms with Gasteiger partial charge in [-0.25, -0.2) is 0 Å². The molecule has 0 saturated heterocycles. The lowest BCUT2D eigenvalue weighted by Crippen LogP contribution is -2.22. The van der Waals surface area contributed by atoms with E-state index in [1.165, 1.54) is 0 Å². The standard InChI is InChI=1S/C19H21N3O2.ClH/c1-2-20-18(23)13-8-10-14(11-9-13)22-19(24)16-5-3-7-17-15(16)6-4-12-21-17;/h3,5,7-11,21H,2,4,6,12H2,1H3,(H,20,23)(H,22,24);1H. The Hall–Kier alpha value is -2.53. The normalized spacial score (nSPS) is 12.2. The molecule has 1 heterocycles. The van der Waals surface area contributed by atoms with E-state index in [0.717, 1.165) is 30.6 Å². The van der Waals surface area contributed by atoms with Gasteiger partial charge in [0.15, 0.2) is 0 Å². The summed E-state index contributed by atoms with van der Waals surface area (Å²) < 4.78 is 0. The highest BCUT2D eigenvalue weighted by atomic mass is 35.5. The predicted molar refractivity (Wildman–Crippen MR) is 103 cm³/mol. The molecule has 0 saturated carbocycles. The van der Waals surface area contributed by atoms with E-state index in [9.17, 15) is 9.59 Å². The monoisotopic (exact) mass is 359 g/mol. The number of hydrogen-bond acceptors (Lipinski definition) is 3. The summed E-state index contributed by atoms with van der Waals surface area (Å²) in [5, 5.41) is 8.99. The maximum Gasteiger partial charge on any atom is 0.256 e. The molecule has 132 valence electrons. The Labute approximate surface area is 153 Å². The van der Waals surface area contributed by atoms with Gasteiger partial charge in [0.2, 0.25) is 0 Å². The zero-order chi connectivity index (χ0) is 16.9. The summed E-state index contributed by atoms with van der Waals surface area (Å²) in [7, 11) is 0. The van der Waals surface area contributed by atoms with Crippen molar-refractivity contribution in [3.8, 4) is 0 Å². The average Bonchev–Trinajstić information content (AvgIpc) is 2.62. The van der Waals surface area contributed by atoms with Crippen LogP contribution < -0.4 is 16.0 Å². The van der Waals surface area contributed by atoms with E-state index in [0.29, 0.717) is 23.4 Å². The van der Waals surface area contributed by atoms with Gasteiger partial charge in [0.05, 0.1) is 0 Å². The number of benzene rings is 2. The Balaban J connectivity index is 0.00000225. The minimum Gasteiger partial charge on any atom is -0.385 e. The Bertz CT molecular complexity index is 760. The predicted octanol–water partition coefficient (Wildman–Crippen LogP) is 3.47. The van der Waals surface area contributed by atoms with Gasteiger partial charge in [0, 0.05) is 35.6 Å². The maximum absolute atomic E-state index is 12.6. The molecule has 2 aromatic carbocycles. The first-order valence-electron chi connectivity index (χ1n) is 8.24. The zero-order valence-corrected chi connectivity index (χ0v) is 14.9. The molecule has 2 amide bonds. The van der Waals surface area contributed by atoms with Crippen LogP contribution in [0.3, 0.4) is 0 Å². The van der Waals surface area contributed by atoms with Crippen molar-refractivity contribution in [2.24, 2.45) is 0 Å². The first-order chi connectivity index (χ1) is 11.7. The fraction of sp³-hybridized carbons (Fsp3) is 0.263. The summed E-state index contributed by atoms with van der Waals surface area (Å²) in [6.07, 6.45) is 1.93. The molecular formula is C19H22ClN3O2. The van der Waals surface area contributed by atoms with Crippen molar-refractivity contribution >= 4 is 35.6 Å². The Morgan fingerprint density at radius 3 is 2.56 bits per heavy atom. The lowest BCUT2D eigenvalue weighted by Gasteiger charge is -2.20. The van der Waals surface area contributed by atoms with Gasteiger partial charge >= 0.3 is 0 Å². The molecule has 1 aliphatic rings. The first kappa shape index (κ1) is 18.8. The van der Waals surface area contributed by atoms with Gasteiger partial charge in [-0.3, -0.25) is 9.59 Å². The summed E-state index contributed by atoms with van der Waals surface area (Å²) >= 11 is 0. The third-order valence-corrected chi connectivity index (χ3v) is 4.08. The number of carbonyl (C=O) groups is 2. The van der Waals surface area contributed by atoms with E-state index >= 15 is 0 Å². The van der Waals surface area contributed by atoms with E-state index in [1.54, 1.807) is 24.3 Å². The molecule has 6 heteroatoms. The van der Waals surface area contributed by atoms with Crippen LogP contribution in [0, 0.1) is 0 Å². The van der Waals surface area contributed by atoms with Crippen LogP contribution in [0.2, 0.25) is 0 Å². The summed E-state index contributed by atoms with van der Waals surface area (Å²) in [6.45, 7) is 3.41. The highest BCUT2D eigenvalue weighted by molar-refractivity contribution is 6.06. The number of carbonyl (C=O) groups excluding carboxylic acids is 2. The molecule has 5 nitrogen and oxygen atoms in total. The number of anilines is 2. The lowest BCUT2D eigenvalue weighted by molar-refractivity contribution is 0.0955. The smallest absolute Gasteiger partial charge is 0.256 e. The lowest BCUT2D eigenvalue weighted by atomic mass is 9.97. The fourth-order valence-electron chi connectivity index (χ4n) is 2.89. The van der Waals surface area contributed by atoms with Crippen molar-refractivity contribution < 1.29 is 9.59 Å². The minimum absolute atomic E-state index is 0. The van der Waals surface area contributed by atoms with E-state index in [2.05, 4.69) is 16.0 Å². The quantitative estimate of drug-likeness (QED) is 0.782. The van der Waals surface area contributed by atoms with Crippen LogP contribution in [0.25, 0.3) is 0 Å². The Morgan fingerprint density at radius 1 is 1.08 bits per heavy atom. The summed E-state index contributed by atoms with van der Waals surface area (Å²) in [5.74, 6) is -0.236. The molecule has 0 aliphatic carbocycles. The summed E-state index contributed by atoms with van der Waals surface area (Å²) in [6, 6.07) is 12.7. The molecule has 0 unspecified atom stereocenters. The summed E-state index contributed by atoms with van der Waals surface area (Å²) in [4.78, 5) is 24.3. The van der Waals surface area contributed by atoms with E-state index in [4.69, 9.17) is 0 Å². The number of amides is 2. The van der Waals surface area contributed by atoms with Crippen LogP contribution in [0.1, 0.15) is 39.6 Å². The van der Waals surface area contributed by atoms with Crippen LogP contribution >= 0.6 is 12.4 Å². The highest BCUT2D eigenvalue weighted by Gasteiger charge is 2.17. The molecule has 25 heavy (non-hydrogen) atoms. The average molecular weight is 360 g/mol. The molecule has 0 radical (unpaired) electrons. The molecule has 0 fully saturated rings. The molecule has 0 spiro atoms. The molecule has 2 aromatic rings. The van der Waals surface area contributed by atoms with Crippen molar-refractivity contribution in [3.63, 3.8) is 0 Å². The van der Waals surface area contributed by atoms with Crippen molar-refractivity contribution in [3.05, 3.63) is 59.2 Å². The SMILES string of the molecule is CCNC(=O)c1ccc(NC(=O)c2cccc3c2CCCN3)cc1.Cl. The molecule has 0 bridgehead atoms. The van der Waals surface area contributed by atoms with Crippen molar-refractivity contribution in [2.45, 2.75) is 19.8 Å². The second-order valence-electron chi connectivity index (χ2n) is 5.75. The van der Waals surface area contributed by atoms with Gasteiger partial charge in [0.25, 0.3) is 11.8 Å². The van der Waals surface area contributed by atoms with Crippen LogP contribution in [-0.4, -0.2) is 24.9 Å². The second-order valence-corrected chi connectivity index (χ2v) is 5.75. The second kappa shape index (κ2) is 8.53.